The van der Waals surface area contributed by atoms with E-state index in [0.717, 1.165) is 0 Å². The standard InChI is InChI=1S/C11H11F2NO3S/c12-11(13)8-14-18(16,17)10-5-3-9(4-6-10)2-1-7-15/h3-6,11,14-15H,7-8H2. The zero-order valence-electron chi connectivity index (χ0n) is 9.23. The van der Waals surface area contributed by atoms with Crippen LogP contribution in [0.15, 0.2) is 29.2 Å². The molecule has 2 N–H and O–H groups in total. The molecule has 1 aromatic carbocycles. The Morgan fingerprint density at radius 3 is 2.39 bits per heavy atom. The van der Waals surface area contributed by atoms with Gasteiger partial charge in [-0.05, 0) is 24.3 Å². The molecule has 0 saturated heterocycles. The van der Waals surface area contributed by atoms with Gasteiger partial charge in [-0.3, -0.25) is 0 Å². The monoisotopic (exact) mass is 275 g/mol. The van der Waals surface area contributed by atoms with Crippen molar-refractivity contribution in [3.05, 3.63) is 29.8 Å². The summed E-state index contributed by atoms with van der Waals surface area (Å²) in [5, 5.41) is 8.48. The van der Waals surface area contributed by atoms with Crippen LogP contribution in [-0.4, -0.2) is 33.1 Å². The molecule has 0 bridgehead atoms. The maximum atomic E-state index is 11.9. The lowest BCUT2D eigenvalue weighted by Gasteiger charge is -2.05. The molecule has 0 amide bonds. The van der Waals surface area contributed by atoms with Gasteiger partial charge < -0.3 is 5.11 Å². The van der Waals surface area contributed by atoms with Crippen LogP contribution in [0.3, 0.4) is 0 Å². The molecule has 0 aliphatic carbocycles. The van der Waals surface area contributed by atoms with E-state index in [1.54, 1.807) is 4.72 Å². The number of hydrogen-bond donors (Lipinski definition) is 2. The van der Waals surface area contributed by atoms with Crippen LogP contribution in [0.1, 0.15) is 5.56 Å². The predicted octanol–water partition coefficient (Wildman–Crippen LogP) is 0.574. The van der Waals surface area contributed by atoms with E-state index in [-0.39, 0.29) is 11.5 Å². The van der Waals surface area contributed by atoms with E-state index < -0.39 is 23.0 Å². The summed E-state index contributed by atoms with van der Waals surface area (Å²) in [5.41, 5.74) is 0.525. The Morgan fingerprint density at radius 1 is 1.28 bits per heavy atom. The number of hydrogen-bond acceptors (Lipinski definition) is 3. The highest BCUT2D eigenvalue weighted by Gasteiger charge is 2.15. The van der Waals surface area contributed by atoms with Crippen LogP contribution in [0, 0.1) is 11.8 Å². The van der Waals surface area contributed by atoms with Crippen molar-refractivity contribution in [3.8, 4) is 11.8 Å². The first kappa shape index (κ1) is 14.6. The molecule has 0 unspecified atom stereocenters. The normalized spacial score (nSPS) is 11.1. The van der Waals surface area contributed by atoms with Crippen molar-refractivity contribution in [1.29, 1.82) is 0 Å². The number of rotatable bonds is 4. The number of nitrogens with one attached hydrogen (secondary N) is 1. The van der Waals surface area contributed by atoms with Gasteiger partial charge in [-0.2, -0.15) is 0 Å². The number of aliphatic hydroxyl groups excluding tert-OH is 1. The fraction of sp³-hybridized carbons (Fsp3) is 0.273. The van der Waals surface area contributed by atoms with Crippen LogP contribution in [0.2, 0.25) is 0 Å². The maximum Gasteiger partial charge on any atom is 0.251 e. The second-order valence-electron chi connectivity index (χ2n) is 3.23. The molecular weight excluding hydrogens is 264 g/mol. The summed E-state index contributed by atoms with van der Waals surface area (Å²) >= 11 is 0. The molecule has 0 heterocycles. The van der Waals surface area contributed by atoms with Crippen molar-refractivity contribution in [2.24, 2.45) is 0 Å². The zero-order chi connectivity index (χ0) is 13.6. The van der Waals surface area contributed by atoms with Crippen LogP contribution in [-0.2, 0) is 10.0 Å². The second-order valence-corrected chi connectivity index (χ2v) is 4.99. The predicted molar refractivity (Wildman–Crippen MR) is 61.6 cm³/mol. The minimum Gasteiger partial charge on any atom is -0.384 e. The Hall–Kier alpha value is -1.49. The molecule has 0 saturated carbocycles. The molecule has 1 aromatic rings. The fourth-order valence-electron chi connectivity index (χ4n) is 1.12. The Bertz CT molecular complexity index is 544. The van der Waals surface area contributed by atoms with Crippen LogP contribution in [0.4, 0.5) is 8.78 Å². The molecule has 98 valence electrons. The van der Waals surface area contributed by atoms with Gasteiger partial charge in [0.05, 0.1) is 11.4 Å². The lowest BCUT2D eigenvalue weighted by molar-refractivity contribution is 0.153. The van der Waals surface area contributed by atoms with Crippen molar-refractivity contribution in [2.75, 3.05) is 13.2 Å². The molecule has 0 aliphatic rings. The second kappa shape index (κ2) is 6.44. The van der Waals surface area contributed by atoms with E-state index in [0.29, 0.717) is 5.56 Å². The third-order valence-electron chi connectivity index (χ3n) is 1.90. The Morgan fingerprint density at radius 2 is 1.89 bits per heavy atom. The smallest absolute Gasteiger partial charge is 0.251 e. The Labute approximate surface area is 104 Å². The van der Waals surface area contributed by atoms with Gasteiger partial charge in [0.15, 0.2) is 0 Å². The Kier molecular flexibility index (Phi) is 5.22. The zero-order valence-corrected chi connectivity index (χ0v) is 10.0. The average molecular weight is 275 g/mol. The summed E-state index contributed by atoms with van der Waals surface area (Å²) < 4.78 is 48.7. The van der Waals surface area contributed by atoms with Crippen LogP contribution >= 0.6 is 0 Å². The van der Waals surface area contributed by atoms with Gasteiger partial charge in [-0.1, -0.05) is 11.8 Å². The molecule has 0 atom stereocenters. The molecule has 18 heavy (non-hydrogen) atoms. The lowest BCUT2D eigenvalue weighted by Crippen LogP contribution is -2.28. The van der Waals surface area contributed by atoms with Gasteiger partial charge in [0.25, 0.3) is 6.43 Å². The highest BCUT2D eigenvalue weighted by atomic mass is 32.2. The van der Waals surface area contributed by atoms with Crippen molar-refractivity contribution in [2.45, 2.75) is 11.3 Å². The molecule has 0 fully saturated rings. The quantitative estimate of drug-likeness (QED) is 0.790. The number of aliphatic hydroxyl groups is 1. The first-order valence-corrected chi connectivity index (χ1v) is 6.41. The van der Waals surface area contributed by atoms with Gasteiger partial charge >= 0.3 is 0 Å². The van der Waals surface area contributed by atoms with Crippen LogP contribution in [0.5, 0.6) is 0 Å². The molecule has 0 aromatic heterocycles. The van der Waals surface area contributed by atoms with Crippen molar-refractivity contribution >= 4 is 10.0 Å². The van der Waals surface area contributed by atoms with Gasteiger partial charge in [0.1, 0.15) is 6.61 Å². The van der Waals surface area contributed by atoms with E-state index in [2.05, 4.69) is 11.8 Å². The summed E-state index contributed by atoms with van der Waals surface area (Å²) in [6.45, 7) is -1.22. The average Bonchev–Trinajstić information content (AvgIpc) is 2.34. The van der Waals surface area contributed by atoms with E-state index >= 15 is 0 Å². The van der Waals surface area contributed by atoms with E-state index in [1.165, 1.54) is 24.3 Å². The number of sulfonamides is 1. The van der Waals surface area contributed by atoms with Gasteiger partial charge in [-0.15, -0.1) is 0 Å². The van der Waals surface area contributed by atoms with Gasteiger partial charge in [-0.25, -0.2) is 21.9 Å². The van der Waals surface area contributed by atoms with Gasteiger partial charge in [0.2, 0.25) is 10.0 Å². The number of benzene rings is 1. The lowest BCUT2D eigenvalue weighted by atomic mass is 10.2. The minimum absolute atomic E-state index is 0.113. The highest BCUT2D eigenvalue weighted by Crippen LogP contribution is 2.10. The van der Waals surface area contributed by atoms with E-state index in [4.69, 9.17) is 5.11 Å². The molecule has 0 spiro atoms. The molecule has 7 heteroatoms. The third-order valence-corrected chi connectivity index (χ3v) is 3.34. The number of alkyl halides is 2. The fourth-order valence-corrected chi connectivity index (χ4v) is 2.12. The molecule has 0 radical (unpaired) electrons. The molecule has 1 rings (SSSR count). The summed E-state index contributed by atoms with van der Waals surface area (Å²) in [4.78, 5) is -0.113. The topological polar surface area (TPSA) is 66.4 Å². The Balaban J connectivity index is 2.84. The minimum atomic E-state index is -3.92. The summed E-state index contributed by atoms with van der Waals surface area (Å²) in [6.07, 6.45) is -2.74. The van der Waals surface area contributed by atoms with Crippen molar-refractivity contribution in [3.63, 3.8) is 0 Å². The largest absolute Gasteiger partial charge is 0.384 e. The highest BCUT2D eigenvalue weighted by molar-refractivity contribution is 7.89. The molecule has 0 aliphatic heterocycles. The first-order chi connectivity index (χ1) is 8.45. The van der Waals surface area contributed by atoms with E-state index in [9.17, 15) is 17.2 Å². The van der Waals surface area contributed by atoms with Crippen molar-refractivity contribution in [1.82, 2.24) is 4.72 Å². The first-order valence-electron chi connectivity index (χ1n) is 4.93. The molecule has 4 nitrogen and oxygen atoms in total. The summed E-state index contributed by atoms with van der Waals surface area (Å²) in [7, 11) is -3.92. The van der Waals surface area contributed by atoms with Gasteiger partial charge in [0, 0.05) is 5.56 Å². The SMILES string of the molecule is O=S(=O)(NCC(F)F)c1ccc(C#CCO)cc1. The summed E-state index contributed by atoms with van der Waals surface area (Å²) in [5.74, 6) is 4.99. The van der Waals surface area contributed by atoms with Crippen LogP contribution in [0.25, 0.3) is 0 Å². The summed E-state index contributed by atoms with van der Waals surface area (Å²) in [6, 6.07) is 5.38. The van der Waals surface area contributed by atoms with E-state index in [1.807, 2.05) is 0 Å². The van der Waals surface area contributed by atoms with Crippen LogP contribution < -0.4 is 4.72 Å². The van der Waals surface area contributed by atoms with Crippen molar-refractivity contribution < 1.29 is 22.3 Å². The maximum absolute atomic E-state index is 11.9. The number of halogens is 2. The molecular formula is C11H11F2NO3S. The third kappa shape index (κ3) is 4.41.